The van der Waals surface area contributed by atoms with E-state index in [0.29, 0.717) is 16.3 Å². The van der Waals surface area contributed by atoms with E-state index < -0.39 is 0 Å². The van der Waals surface area contributed by atoms with Crippen LogP contribution in [0.15, 0.2) is 47.6 Å². The van der Waals surface area contributed by atoms with Gasteiger partial charge in [0, 0.05) is 10.6 Å². The Hall–Kier alpha value is -2.33. The number of amides is 1. The summed E-state index contributed by atoms with van der Waals surface area (Å²) in [6.07, 6.45) is 2.93. The highest BCUT2D eigenvalue weighted by Crippen LogP contribution is 2.23. The average Bonchev–Trinajstić information content (AvgIpc) is 2.59. The summed E-state index contributed by atoms with van der Waals surface area (Å²) in [6, 6.07) is 13.1. The number of halogens is 1. The summed E-state index contributed by atoms with van der Waals surface area (Å²) in [7, 11) is 1.52. The minimum Gasteiger partial charge on any atom is -0.496 e. The number of rotatable bonds is 3. The molecule has 1 amide bonds. The highest BCUT2D eigenvalue weighted by molar-refractivity contribution is 6.31. The van der Waals surface area contributed by atoms with E-state index in [-0.39, 0.29) is 5.91 Å². The van der Waals surface area contributed by atoms with Gasteiger partial charge in [-0.05, 0) is 43.0 Å². The largest absolute Gasteiger partial charge is 0.496 e. The van der Waals surface area contributed by atoms with E-state index in [9.17, 15) is 4.79 Å². The Morgan fingerprint density at radius 1 is 1.22 bits per heavy atom. The van der Waals surface area contributed by atoms with Crippen LogP contribution in [0.4, 0.5) is 0 Å². The van der Waals surface area contributed by atoms with Crippen LogP contribution in [-0.4, -0.2) is 18.7 Å². The van der Waals surface area contributed by atoms with E-state index in [4.69, 9.17) is 16.3 Å². The van der Waals surface area contributed by atoms with Crippen LogP contribution in [-0.2, 0) is 6.42 Å². The molecular weight excluding hydrogens is 312 g/mol. The second-order valence-corrected chi connectivity index (χ2v) is 5.79. The second kappa shape index (κ2) is 6.84. The molecule has 0 aliphatic heterocycles. The van der Waals surface area contributed by atoms with Gasteiger partial charge in [-0.25, -0.2) is 5.43 Å². The normalized spacial score (nSPS) is 15.1. The van der Waals surface area contributed by atoms with Crippen LogP contribution < -0.4 is 10.2 Å². The molecule has 0 heterocycles. The van der Waals surface area contributed by atoms with E-state index >= 15 is 0 Å². The molecule has 0 unspecified atom stereocenters. The standard InChI is InChI=1S/C18H17ClN2O2/c1-23-17-10-9-13(19)11-15(17)18(22)21-20-16-8-4-6-12-5-2-3-7-14(12)16/h2-3,5,7,9-11H,4,6,8H2,1H3,(H,21,22)/b20-16+. The Kier molecular flexibility index (Phi) is 4.63. The average molecular weight is 329 g/mol. The molecule has 0 saturated carbocycles. The number of benzene rings is 2. The van der Waals surface area contributed by atoms with Crippen molar-refractivity contribution in [3.05, 3.63) is 64.2 Å². The van der Waals surface area contributed by atoms with Gasteiger partial charge in [-0.1, -0.05) is 35.9 Å². The van der Waals surface area contributed by atoms with Gasteiger partial charge in [0.15, 0.2) is 0 Å². The van der Waals surface area contributed by atoms with Crippen LogP contribution in [0.25, 0.3) is 0 Å². The maximum atomic E-state index is 12.4. The maximum Gasteiger partial charge on any atom is 0.275 e. The van der Waals surface area contributed by atoms with E-state index in [0.717, 1.165) is 30.5 Å². The first-order chi connectivity index (χ1) is 11.2. The summed E-state index contributed by atoms with van der Waals surface area (Å²) in [6.45, 7) is 0. The zero-order valence-electron chi connectivity index (χ0n) is 12.8. The van der Waals surface area contributed by atoms with Gasteiger partial charge in [0.2, 0.25) is 0 Å². The van der Waals surface area contributed by atoms with Crippen molar-refractivity contribution in [3.63, 3.8) is 0 Å². The van der Waals surface area contributed by atoms with Crippen LogP contribution in [0.2, 0.25) is 5.02 Å². The van der Waals surface area contributed by atoms with Gasteiger partial charge in [0.1, 0.15) is 5.75 Å². The highest BCUT2D eigenvalue weighted by atomic mass is 35.5. The number of carbonyl (C=O) groups is 1. The van der Waals surface area contributed by atoms with Gasteiger partial charge >= 0.3 is 0 Å². The molecule has 3 rings (SSSR count). The number of nitrogens with zero attached hydrogens (tertiary/aromatic N) is 1. The van der Waals surface area contributed by atoms with Crippen molar-refractivity contribution in [1.82, 2.24) is 5.43 Å². The number of ether oxygens (including phenoxy) is 1. The zero-order valence-corrected chi connectivity index (χ0v) is 13.6. The lowest BCUT2D eigenvalue weighted by Gasteiger charge is -2.17. The van der Waals surface area contributed by atoms with Crippen LogP contribution >= 0.6 is 11.6 Å². The molecule has 2 aromatic carbocycles. The fourth-order valence-corrected chi connectivity index (χ4v) is 2.93. The lowest BCUT2D eigenvalue weighted by atomic mass is 9.90. The molecule has 23 heavy (non-hydrogen) atoms. The quantitative estimate of drug-likeness (QED) is 0.871. The van der Waals surface area contributed by atoms with Crippen molar-refractivity contribution < 1.29 is 9.53 Å². The molecule has 0 aromatic heterocycles. The molecule has 0 saturated heterocycles. The maximum absolute atomic E-state index is 12.4. The SMILES string of the molecule is COc1ccc(Cl)cc1C(=O)N/N=C1\CCCc2ccccc21. The van der Waals surface area contributed by atoms with E-state index in [1.807, 2.05) is 18.2 Å². The van der Waals surface area contributed by atoms with Crippen molar-refractivity contribution in [2.45, 2.75) is 19.3 Å². The molecule has 2 aromatic rings. The molecular formula is C18H17ClN2O2. The Bertz CT molecular complexity index is 771. The van der Waals surface area contributed by atoms with Gasteiger partial charge < -0.3 is 4.74 Å². The third-order valence-corrected chi connectivity index (χ3v) is 4.12. The van der Waals surface area contributed by atoms with E-state index in [1.165, 1.54) is 12.7 Å². The van der Waals surface area contributed by atoms with Gasteiger partial charge in [-0.15, -0.1) is 0 Å². The molecule has 118 valence electrons. The summed E-state index contributed by atoms with van der Waals surface area (Å²) < 4.78 is 5.20. The number of hydrazone groups is 1. The predicted octanol–water partition coefficient (Wildman–Crippen LogP) is 3.82. The molecule has 0 fully saturated rings. The number of aryl methyl sites for hydroxylation is 1. The van der Waals surface area contributed by atoms with Crippen molar-refractivity contribution in [3.8, 4) is 5.75 Å². The molecule has 0 spiro atoms. The van der Waals surface area contributed by atoms with E-state index in [1.54, 1.807) is 18.2 Å². The van der Waals surface area contributed by atoms with Crippen LogP contribution in [0.1, 0.15) is 34.3 Å². The predicted molar refractivity (Wildman–Crippen MR) is 91.4 cm³/mol. The lowest BCUT2D eigenvalue weighted by Crippen LogP contribution is -2.22. The summed E-state index contributed by atoms with van der Waals surface area (Å²) in [4.78, 5) is 12.4. The topological polar surface area (TPSA) is 50.7 Å². The van der Waals surface area contributed by atoms with Crippen molar-refractivity contribution in [2.75, 3.05) is 7.11 Å². The van der Waals surface area contributed by atoms with Crippen LogP contribution in [0.5, 0.6) is 5.75 Å². The third kappa shape index (κ3) is 3.37. The summed E-state index contributed by atoms with van der Waals surface area (Å²) in [5, 5.41) is 4.80. The van der Waals surface area contributed by atoms with Gasteiger partial charge in [-0.3, -0.25) is 4.79 Å². The Balaban J connectivity index is 1.84. The molecule has 0 bridgehead atoms. The summed E-state index contributed by atoms with van der Waals surface area (Å²) in [5.74, 6) is 0.135. The Morgan fingerprint density at radius 2 is 2.04 bits per heavy atom. The third-order valence-electron chi connectivity index (χ3n) is 3.89. The first kappa shape index (κ1) is 15.6. The number of fused-ring (bicyclic) bond motifs is 1. The lowest BCUT2D eigenvalue weighted by molar-refractivity contribution is 0.0951. The Morgan fingerprint density at radius 3 is 2.87 bits per heavy atom. The molecule has 0 atom stereocenters. The first-order valence-electron chi connectivity index (χ1n) is 7.48. The number of hydrogen-bond acceptors (Lipinski definition) is 3. The second-order valence-electron chi connectivity index (χ2n) is 5.35. The van der Waals surface area contributed by atoms with Crippen LogP contribution in [0.3, 0.4) is 0 Å². The highest BCUT2D eigenvalue weighted by Gasteiger charge is 2.16. The Labute approximate surface area is 140 Å². The van der Waals surface area contributed by atoms with Crippen molar-refractivity contribution in [2.24, 2.45) is 5.10 Å². The molecule has 0 radical (unpaired) electrons. The number of nitrogens with one attached hydrogen (secondary N) is 1. The van der Waals surface area contributed by atoms with Crippen molar-refractivity contribution in [1.29, 1.82) is 0 Å². The summed E-state index contributed by atoms with van der Waals surface area (Å²) in [5.41, 5.74) is 6.27. The first-order valence-corrected chi connectivity index (χ1v) is 7.85. The number of methoxy groups -OCH3 is 1. The molecule has 1 aliphatic rings. The summed E-state index contributed by atoms with van der Waals surface area (Å²) >= 11 is 5.96. The molecule has 1 aliphatic carbocycles. The number of carbonyl (C=O) groups excluding carboxylic acids is 1. The zero-order chi connectivity index (χ0) is 16.2. The van der Waals surface area contributed by atoms with E-state index in [2.05, 4.69) is 16.6 Å². The van der Waals surface area contributed by atoms with Gasteiger partial charge in [0.25, 0.3) is 5.91 Å². The minimum absolute atomic E-state index is 0.333. The fourth-order valence-electron chi connectivity index (χ4n) is 2.75. The molecule has 4 nitrogen and oxygen atoms in total. The minimum atomic E-state index is -0.333. The number of hydrogen-bond donors (Lipinski definition) is 1. The van der Waals surface area contributed by atoms with Crippen LogP contribution in [0, 0.1) is 0 Å². The van der Waals surface area contributed by atoms with Gasteiger partial charge in [-0.2, -0.15) is 5.10 Å². The fraction of sp³-hybridized carbons (Fsp3) is 0.222. The molecule has 1 N–H and O–H groups in total. The smallest absolute Gasteiger partial charge is 0.275 e. The monoisotopic (exact) mass is 328 g/mol. The van der Waals surface area contributed by atoms with Gasteiger partial charge in [0.05, 0.1) is 18.4 Å². The molecule has 5 heteroatoms. The van der Waals surface area contributed by atoms with Crippen molar-refractivity contribution >= 4 is 23.2 Å².